The van der Waals surface area contributed by atoms with Gasteiger partial charge in [0, 0.05) is 19.8 Å². The predicted octanol–water partition coefficient (Wildman–Crippen LogP) is 4.40. The summed E-state index contributed by atoms with van der Waals surface area (Å²) < 4.78 is 5.81. The average molecular weight is 442 g/mol. The third-order valence-electron chi connectivity index (χ3n) is 4.68. The van der Waals surface area contributed by atoms with Crippen molar-refractivity contribution in [3.63, 3.8) is 0 Å². The number of unbranched alkanes of at least 4 members (excludes halogenated alkanes) is 3. The first kappa shape index (κ1) is 24.3. The minimum atomic E-state index is -0.324. The number of carbonyl (C=O) groups excluding carboxylic acids is 2. The summed E-state index contributed by atoms with van der Waals surface area (Å²) in [5.74, 6) is 0.263. The highest BCUT2D eigenvalue weighted by Gasteiger charge is 2.14. The van der Waals surface area contributed by atoms with Crippen LogP contribution >= 0.6 is 12.2 Å². The molecule has 2 rings (SSSR count). The number of likely N-dealkylation sites (N-methyl/N-ethyl adjacent to an activating group) is 1. The van der Waals surface area contributed by atoms with E-state index in [-0.39, 0.29) is 16.9 Å². The Morgan fingerprint density at radius 1 is 1.00 bits per heavy atom. The van der Waals surface area contributed by atoms with Crippen molar-refractivity contribution in [1.82, 2.24) is 10.2 Å². The van der Waals surface area contributed by atoms with Crippen molar-refractivity contribution in [1.29, 1.82) is 0 Å². The number of rotatable bonds is 10. The molecule has 0 spiro atoms. The minimum absolute atomic E-state index is 0.0368. The highest BCUT2D eigenvalue weighted by atomic mass is 32.1. The van der Waals surface area contributed by atoms with Crippen LogP contribution in [0.15, 0.2) is 48.5 Å². The van der Waals surface area contributed by atoms with Gasteiger partial charge in [-0.1, -0.05) is 50.5 Å². The van der Waals surface area contributed by atoms with E-state index in [1.807, 2.05) is 30.3 Å². The minimum Gasteiger partial charge on any atom is -0.493 e. The maximum absolute atomic E-state index is 12.7. The molecule has 7 heteroatoms. The van der Waals surface area contributed by atoms with Gasteiger partial charge in [-0.2, -0.15) is 0 Å². The van der Waals surface area contributed by atoms with Gasteiger partial charge in [0.2, 0.25) is 5.91 Å². The van der Waals surface area contributed by atoms with Crippen LogP contribution in [0.25, 0.3) is 0 Å². The number of nitrogens with one attached hydrogen (secondary N) is 2. The van der Waals surface area contributed by atoms with E-state index in [0.717, 1.165) is 24.1 Å². The van der Waals surface area contributed by atoms with Crippen LogP contribution in [0.3, 0.4) is 0 Å². The molecule has 0 aliphatic heterocycles. The maximum atomic E-state index is 12.7. The molecule has 0 atom stereocenters. The van der Waals surface area contributed by atoms with Crippen molar-refractivity contribution in [2.24, 2.45) is 0 Å². The second kappa shape index (κ2) is 12.7. The molecule has 0 heterocycles. The van der Waals surface area contributed by atoms with E-state index in [1.54, 1.807) is 37.2 Å². The first-order valence-corrected chi connectivity index (χ1v) is 10.9. The molecule has 31 heavy (non-hydrogen) atoms. The normalized spacial score (nSPS) is 10.3. The number of hydrogen-bond donors (Lipinski definition) is 2. The van der Waals surface area contributed by atoms with Gasteiger partial charge in [0.15, 0.2) is 5.11 Å². The Hall–Kier alpha value is -2.93. The number of para-hydroxylation sites is 1. The Labute approximate surface area is 190 Å². The number of ether oxygens (including phenoxy) is 1. The first-order valence-electron chi connectivity index (χ1n) is 10.5. The number of thiocarbonyl (C=S) groups is 1. The van der Waals surface area contributed by atoms with Gasteiger partial charge in [-0.25, -0.2) is 0 Å². The number of hydrogen-bond acceptors (Lipinski definition) is 4. The van der Waals surface area contributed by atoms with Crippen LogP contribution < -0.4 is 15.4 Å². The number of amides is 2. The molecule has 0 aliphatic carbocycles. The summed E-state index contributed by atoms with van der Waals surface area (Å²) in [6.45, 7) is 2.74. The lowest BCUT2D eigenvalue weighted by Gasteiger charge is -2.13. The van der Waals surface area contributed by atoms with E-state index < -0.39 is 0 Å². The monoisotopic (exact) mass is 441 g/mol. The number of carbonyl (C=O) groups is 2. The van der Waals surface area contributed by atoms with Gasteiger partial charge in [0.25, 0.3) is 5.91 Å². The summed E-state index contributed by atoms with van der Waals surface area (Å²) in [4.78, 5) is 26.0. The molecule has 2 aromatic carbocycles. The van der Waals surface area contributed by atoms with E-state index in [2.05, 4.69) is 17.6 Å². The van der Waals surface area contributed by atoms with Crippen LogP contribution in [0.2, 0.25) is 0 Å². The van der Waals surface area contributed by atoms with Crippen molar-refractivity contribution in [3.05, 3.63) is 59.7 Å². The molecule has 2 aromatic rings. The highest BCUT2D eigenvalue weighted by molar-refractivity contribution is 7.80. The SMILES string of the molecule is CCCCCCOc1ccccc1C(=O)NC(=S)Nc1ccc(CC(=O)N(C)C)cc1. The second-order valence-corrected chi connectivity index (χ2v) is 7.88. The van der Waals surface area contributed by atoms with Crippen molar-refractivity contribution in [3.8, 4) is 5.75 Å². The molecule has 0 fully saturated rings. The molecule has 2 N–H and O–H groups in total. The third-order valence-corrected chi connectivity index (χ3v) is 4.88. The van der Waals surface area contributed by atoms with Crippen LogP contribution in [-0.4, -0.2) is 42.5 Å². The Bertz CT molecular complexity index is 882. The molecule has 0 saturated carbocycles. The quantitative estimate of drug-likeness (QED) is 0.422. The largest absolute Gasteiger partial charge is 0.493 e. The van der Waals surface area contributed by atoms with Crippen molar-refractivity contribution in [2.45, 2.75) is 39.0 Å². The summed E-state index contributed by atoms with van der Waals surface area (Å²) in [6.07, 6.45) is 4.75. The Morgan fingerprint density at radius 3 is 2.39 bits per heavy atom. The molecule has 0 unspecified atom stereocenters. The Morgan fingerprint density at radius 2 is 1.71 bits per heavy atom. The lowest BCUT2D eigenvalue weighted by Crippen LogP contribution is -2.34. The molecule has 0 saturated heterocycles. The third kappa shape index (κ3) is 8.38. The van der Waals surface area contributed by atoms with Gasteiger partial charge in [0.05, 0.1) is 18.6 Å². The number of nitrogens with zero attached hydrogens (tertiary/aromatic N) is 1. The number of anilines is 1. The molecule has 0 aromatic heterocycles. The van der Waals surface area contributed by atoms with Gasteiger partial charge in [-0.3, -0.25) is 14.9 Å². The standard InChI is InChI=1S/C24H31N3O3S/c1-4-5-6-9-16-30-21-11-8-7-10-20(21)23(29)26-24(31)25-19-14-12-18(13-15-19)17-22(28)27(2)3/h7-8,10-15H,4-6,9,16-17H2,1-3H3,(H2,25,26,29,31). The summed E-state index contributed by atoms with van der Waals surface area (Å²) in [5.41, 5.74) is 2.08. The van der Waals surface area contributed by atoms with Crippen LogP contribution in [0.5, 0.6) is 5.75 Å². The molecule has 0 aliphatic rings. The fourth-order valence-corrected chi connectivity index (χ4v) is 3.07. The van der Waals surface area contributed by atoms with Gasteiger partial charge in [0.1, 0.15) is 5.75 Å². The van der Waals surface area contributed by atoms with Crippen molar-refractivity contribution >= 4 is 34.8 Å². The van der Waals surface area contributed by atoms with E-state index in [9.17, 15) is 9.59 Å². The summed E-state index contributed by atoms with van der Waals surface area (Å²) in [5, 5.41) is 5.89. The van der Waals surface area contributed by atoms with Crippen LogP contribution in [-0.2, 0) is 11.2 Å². The van der Waals surface area contributed by atoms with Crippen LogP contribution in [0.1, 0.15) is 48.5 Å². The van der Waals surface area contributed by atoms with Gasteiger partial charge >= 0.3 is 0 Å². The van der Waals surface area contributed by atoms with Crippen LogP contribution in [0.4, 0.5) is 5.69 Å². The molecule has 6 nitrogen and oxygen atoms in total. The summed E-state index contributed by atoms with van der Waals surface area (Å²) in [6, 6.07) is 14.5. The molecular formula is C24H31N3O3S. The summed E-state index contributed by atoms with van der Waals surface area (Å²) >= 11 is 5.28. The van der Waals surface area contributed by atoms with E-state index >= 15 is 0 Å². The lowest BCUT2D eigenvalue weighted by atomic mass is 10.1. The average Bonchev–Trinajstić information content (AvgIpc) is 2.75. The zero-order chi connectivity index (χ0) is 22.6. The van der Waals surface area contributed by atoms with Crippen LogP contribution in [0, 0.1) is 0 Å². The fourth-order valence-electron chi connectivity index (χ4n) is 2.86. The fraction of sp³-hybridized carbons (Fsp3) is 0.375. The topological polar surface area (TPSA) is 70.7 Å². The van der Waals surface area contributed by atoms with E-state index in [4.69, 9.17) is 17.0 Å². The smallest absolute Gasteiger partial charge is 0.261 e. The van der Waals surface area contributed by atoms with Crippen molar-refractivity contribution in [2.75, 3.05) is 26.0 Å². The van der Waals surface area contributed by atoms with E-state index in [0.29, 0.717) is 24.3 Å². The molecule has 0 bridgehead atoms. The van der Waals surface area contributed by atoms with Gasteiger partial charge in [-0.15, -0.1) is 0 Å². The highest BCUT2D eigenvalue weighted by Crippen LogP contribution is 2.19. The van der Waals surface area contributed by atoms with Gasteiger partial charge < -0.3 is 15.0 Å². The zero-order valence-corrected chi connectivity index (χ0v) is 19.3. The molecule has 2 amide bonds. The van der Waals surface area contributed by atoms with Crippen molar-refractivity contribution < 1.29 is 14.3 Å². The Kier molecular flexibility index (Phi) is 9.97. The predicted molar refractivity (Wildman–Crippen MR) is 129 cm³/mol. The molecule has 166 valence electrons. The molecular weight excluding hydrogens is 410 g/mol. The van der Waals surface area contributed by atoms with Gasteiger partial charge in [-0.05, 0) is 48.5 Å². The second-order valence-electron chi connectivity index (χ2n) is 7.48. The number of benzene rings is 2. The lowest BCUT2D eigenvalue weighted by molar-refractivity contribution is -0.127. The maximum Gasteiger partial charge on any atom is 0.261 e. The zero-order valence-electron chi connectivity index (χ0n) is 18.4. The van der Waals surface area contributed by atoms with E-state index in [1.165, 1.54) is 12.8 Å². The summed E-state index contributed by atoms with van der Waals surface area (Å²) in [7, 11) is 3.46. The molecule has 0 radical (unpaired) electrons. The first-order chi connectivity index (χ1) is 14.9. The Balaban J connectivity index is 1.89.